The van der Waals surface area contributed by atoms with Gasteiger partial charge in [-0.05, 0) is 37.0 Å². The van der Waals surface area contributed by atoms with Crippen LogP contribution in [-0.2, 0) is 16.3 Å². The molecule has 10 heteroatoms. The molecular formula is C24H21F5O4S. The van der Waals surface area contributed by atoms with E-state index in [1.165, 1.54) is 12.1 Å². The van der Waals surface area contributed by atoms with Crippen molar-refractivity contribution in [3.05, 3.63) is 70.5 Å². The van der Waals surface area contributed by atoms with Gasteiger partial charge in [0.1, 0.15) is 21.3 Å². The molecule has 0 fully saturated rings. The molecule has 0 radical (unpaired) electrons. The summed E-state index contributed by atoms with van der Waals surface area (Å²) >= 11 is 0. The van der Waals surface area contributed by atoms with Crippen LogP contribution in [0.25, 0.3) is 11.1 Å². The Morgan fingerprint density at radius 1 is 0.824 bits per heavy atom. The van der Waals surface area contributed by atoms with Crippen LogP contribution in [0.3, 0.4) is 0 Å². The van der Waals surface area contributed by atoms with Crippen molar-refractivity contribution in [1.82, 2.24) is 0 Å². The fourth-order valence-corrected chi connectivity index (χ4v) is 5.47. The van der Waals surface area contributed by atoms with E-state index in [4.69, 9.17) is 0 Å². The number of halogens is 5. The quantitative estimate of drug-likeness (QED) is 0.131. The molecule has 0 heterocycles. The minimum atomic E-state index is -5.48. The number of phenolic OH excluding ortho intramolecular Hbond substituents is 2. The van der Waals surface area contributed by atoms with Crippen LogP contribution in [0, 0.1) is 36.0 Å². The van der Waals surface area contributed by atoms with E-state index in [0.717, 1.165) is 12.5 Å². The van der Waals surface area contributed by atoms with Crippen molar-refractivity contribution in [3.63, 3.8) is 0 Å². The molecule has 0 aliphatic heterocycles. The second-order valence-corrected chi connectivity index (χ2v) is 9.66. The monoisotopic (exact) mass is 500 g/mol. The molecule has 182 valence electrons. The molecule has 0 aliphatic carbocycles. The summed E-state index contributed by atoms with van der Waals surface area (Å²) < 4.78 is 96.8. The first-order chi connectivity index (χ1) is 15.9. The summed E-state index contributed by atoms with van der Waals surface area (Å²) in [5, 5.41) is 21.6. The van der Waals surface area contributed by atoms with Crippen molar-refractivity contribution in [2.24, 2.45) is 0 Å². The van der Waals surface area contributed by atoms with E-state index in [-0.39, 0.29) is 23.1 Å². The van der Waals surface area contributed by atoms with Crippen LogP contribution in [0.4, 0.5) is 22.0 Å². The molecule has 0 atom stereocenters. The first kappa shape index (κ1) is 25.5. The van der Waals surface area contributed by atoms with Gasteiger partial charge in [-0.25, -0.2) is 30.4 Å². The van der Waals surface area contributed by atoms with Crippen LogP contribution >= 0.6 is 0 Å². The molecule has 0 amide bonds. The van der Waals surface area contributed by atoms with Crippen LogP contribution in [0.5, 0.6) is 11.5 Å². The maximum Gasteiger partial charge on any atom is 0.216 e. The third-order valence-electron chi connectivity index (χ3n) is 5.37. The van der Waals surface area contributed by atoms with E-state index < -0.39 is 60.2 Å². The number of aryl methyl sites for hydroxylation is 2. The van der Waals surface area contributed by atoms with E-state index in [1.54, 1.807) is 19.1 Å². The number of hydrogen-bond donors (Lipinski definition) is 2. The van der Waals surface area contributed by atoms with E-state index in [0.29, 0.717) is 18.4 Å². The van der Waals surface area contributed by atoms with Crippen molar-refractivity contribution in [1.29, 1.82) is 0 Å². The first-order valence-corrected chi connectivity index (χ1v) is 11.8. The molecular weight excluding hydrogens is 479 g/mol. The Bertz CT molecular complexity index is 1340. The molecule has 0 aliphatic rings. The highest BCUT2D eigenvalue weighted by molar-refractivity contribution is 7.91. The predicted molar refractivity (Wildman–Crippen MR) is 115 cm³/mol. The average molecular weight is 500 g/mol. The summed E-state index contributed by atoms with van der Waals surface area (Å²) in [6, 6.07) is 7.25. The highest BCUT2D eigenvalue weighted by Gasteiger charge is 2.38. The van der Waals surface area contributed by atoms with Crippen LogP contribution < -0.4 is 0 Å². The lowest BCUT2D eigenvalue weighted by atomic mass is 9.97. The Balaban J connectivity index is 2.41. The van der Waals surface area contributed by atoms with Gasteiger partial charge in [-0.15, -0.1) is 0 Å². The van der Waals surface area contributed by atoms with Gasteiger partial charge < -0.3 is 10.2 Å². The molecule has 0 saturated carbocycles. The molecule has 0 bridgehead atoms. The summed E-state index contributed by atoms with van der Waals surface area (Å²) in [5.74, 6) is -14.0. The Hall–Kier alpha value is -3.14. The highest BCUT2D eigenvalue weighted by Crippen LogP contribution is 2.46. The number of rotatable bonds is 7. The molecule has 0 aromatic heterocycles. The number of unbranched alkanes of at least 4 members (excludes halogenated alkanes) is 2. The molecule has 3 aromatic carbocycles. The van der Waals surface area contributed by atoms with E-state index in [1.807, 2.05) is 6.92 Å². The molecule has 3 aromatic rings. The second-order valence-electron chi connectivity index (χ2n) is 7.84. The number of hydrogen-bond acceptors (Lipinski definition) is 4. The minimum absolute atomic E-state index is 0.0486. The van der Waals surface area contributed by atoms with Gasteiger partial charge in [0, 0.05) is 0 Å². The normalized spacial score (nSPS) is 11.7. The van der Waals surface area contributed by atoms with Gasteiger partial charge in [-0.2, -0.15) is 0 Å². The predicted octanol–water partition coefficient (Wildman–Crippen LogP) is 6.33. The van der Waals surface area contributed by atoms with E-state index in [9.17, 15) is 40.6 Å². The van der Waals surface area contributed by atoms with E-state index in [2.05, 4.69) is 0 Å². The second kappa shape index (κ2) is 9.61. The third kappa shape index (κ3) is 4.34. The van der Waals surface area contributed by atoms with Gasteiger partial charge >= 0.3 is 0 Å². The van der Waals surface area contributed by atoms with Gasteiger partial charge in [0.15, 0.2) is 23.3 Å². The lowest BCUT2D eigenvalue weighted by Gasteiger charge is -2.18. The Morgan fingerprint density at radius 3 is 1.97 bits per heavy atom. The standard InChI is InChI=1S/C24H21F5O4S/c1-3-4-5-8-14-11-15(30)16(13-9-6-7-12(2)10-13)22(31)23(14)34(32,33)24-20(28)18(26)17(25)19(27)21(24)29/h6-7,9-11,30-31H,3-5,8H2,1-2H3. The lowest BCUT2D eigenvalue weighted by Crippen LogP contribution is -2.15. The number of sulfone groups is 1. The van der Waals surface area contributed by atoms with Crippen LogP contribution in [0.15, 0.2) is 40.1 Å². The smallest absolute Gasteiger partial charge is 0.216 e. The van der Waals surface area contributed by atoms with Crippen molar-refractivity contribution >= 4 is 9.84 Å². The molecule has 0 saturated heterocycles. The van der Waals surface area contributed by atoms with Crippen molar-refractivity contribution in [2.75, 3.05) is 0 Å². The topological polar surface area (TPSA) is 74.6 Å². The van der Waals surface area contributed by atoms with Gasteiger partial charge in [0.2, 0.25) is 15.7 Å². The van der Waals surface area contributed by atoms with Crippen LogP contribution in [0.2, 0.25) is 0 Å². The largest absolute Gasteiger partial charge is 0.507 e. The van der Waals surface area contributed by atoms with Crippen molar-refractivity contribution in [3.8, 4) is 22.6 Å². The van der Waals surface area contributed by atoms with Gasteiger partial charge in [0.25, 0.3) is 0 Å². The zero-order valence-corrected chi connectivity index (χ0v) is 19.0. The summed E-state index contributed by atoms with van der Waals surface area (Å²) in [7, 11) is -5.48. The summed E-state index contributed by atoms with van der Waals surface area (Å²) in [5.41, 5.74) is 0.297. The third-order valence-corrected chi connectivity index (χ3v) is 7.26. The lowest BCUT2D eigenvalue weighted by molar-refractivity contribution is 0.357. The Labute approximate surface area is 193 Å². The fourth-order valence-electron chi connectivity index (χ4n) is 3.75. The number of benzene rings is 3. The van der Waals surface area contributed by atoms with Crippen LogP contribution in [-0.4, -0.2) is 18.6 Å². The van der Waals surface area contributed by atoms with Crippen LogP contribution in [0.1, 0.15) is 37.3 Å². The maximum atomic E-state index is 14.5. The van der Waals surface area contributed by atoms with Crippen molar-refractivity contribution < 1.29 is 40.6 Å². The number of aromatic hydroxyl groups is 2. The Morgan fingerprint density at radius 2 is 1.41 bits per heavy atom. The first-order valence-electron chi connectivity index (χ1n) is 10.3. The molecule has 3 rings (SSSR count). The zero-order valence-electron chi connectivity index (χ0n) is 18.2. The molecule has 2 N–H and O–H groups in total. The van der Waals surface area contributed by atoms with Gasteiger partial charge in [-0.1, -0.05) is 49.6 Å². The zero-order chi connectivity index (χ0) is 25.4. The van der Waals surface area contributed by atoms with Gasteiger partial charge in [-0.3, -0.25) is 0 Å². The molecule has 0 unspecified atom stereocenters. The minimum Gasteiger partial charge on any atom is -0.507 e. The average Bonchev–Trinajstić information content (AvgIpc) is 2.76. The van der Waals surface area contributed by atoms with Gasteiger partial charge in [0.05, 0.1) is 5.56 Å². The SMILES string of the molecule is CCCCCc1cc(O)c(-c2cccc(C)c2)c(O)c1S(=O)(=O)c1c(F)c(F)c(F)c(F)c1F. The molecule has 34 heavy (non-hydrogen) atoms. The van der Waals surface area contributed by atoms with Crippen molar-refractivity contribution in [2.45, 2.75) is 49.3 Å². The fraction of sp³-hybridized carbons (Fsp3) is 0.250. The molecule has 4 nitrogen and oxygen atoms in total. The summed E-state index contributed by atoms with van der Waals surface area (Å²) in [6.45, 7) is 3.56. The highest BCUT2D eigenvalue weighted by atomic mass is 32.2. The summed E-state index contributed by atoms with van der Waals surface area (Å²) in [6.07, 6.45) is 1.66. The Kier molecular flexibility index (Phi) is 7.21. The molecule has 0 spiro atoms. The number of phenols is 2. The van der Waals surface area contributed by atoms with E-state index >= 15 is 0 Å². The summed E-state index contributed by atoms with van der Waals surface area (Å²) in [4.78, 5) is -3.10. The maximum absolute atomic E-state index is 14.5.